The molecule has 42 heavy (non-hydrogen) atoms. The third-order valence-corrected chi connectivity index (χ3v) is 9.50. The van der Waals surface area contributed by atoms with Crippen LogP contribution in [0.3, 0.4) is 0 Å². The number of allylic oxidation sites excluding steroid dienone is 2. The summed E-state index contributed by atoms with van der Waals surface area (Å²) in [6, 6.07) is 5.80. The van der Waals surface area contributed by atoms with E-state index in [0.717, 1.165) is 28.9 Å². The van der Waals surface area contributed by atoms with Crippen LogP contribution in [0.4, 0.5) is 0 Å². The fourth-order valence-corrected chi connectivity index (χ4v) is 7.12. The number of hydrogen-bond acceptors (Lipinski definition) is 6. The van der Waals surface area contributed by atoms with Gasteiger partial charge in [0.1, 0.15) is 0 Å². The van der Waals surface area contributed by atoms with Crippen LogP contribution in [-0.2, 0) is 9.59 Å². The van der Waals surface area contributed by atoms with E-state index in [-0.39, 0.29) is 41.9 Å². The maximum absolute atomic E-state index is 13.5. The highest BCUT2D eigenvalue weighted by molar-refractivity contribution is 6.56. The lowest BCUT2D eigenvalue weighted by Crippen LogP contribution is -2.13. The zero-order valence-electron chi connectivity index (χ0n) is 24.6. The van der Waals surface area contributed by atoms with E-state index in [1.807, 2.05) is 39.0 Å². The molecule has 6 rings (SSSR count). The lowest BCUT2D eigenvalue weighted by molar-refractivity contribution is -0.137. The molecule has 0 spiro atoms. The molecule has 5 heterocycles. The molecule has 2 aromatic rings. The molecule has 8 bridgehead atoms. The minimum absolute atomic E-state index is 0.0850. The summed E-state index contributed by atoms with van der Waals surface area (Å²) >= 11 is 0. The van der Waals surface area contributed by atoms with Crippen LogP contribution < -0.4 is 0 Å². The fourth-order valence-electron chi connectivity index (χ4n) is 7.12. The number of aryl methyl sites for hydroxylation is 1. The van der Waals surface area contributed by atoms with Crippen LogP contribution in [0.1, 0.15) is 138 Å². The summed E-state index contributed by atoms with van der Waals surface area (Å²) in [5, 5.41) is 9.48. The van der Waals surface area contributed by atoms with E-state index < -0.39 is 23.5 Å². The summed E-state index contributed by atoms with van der Waals surface area (Å²) in [4.78, 5) is 68.0. The molecule has 9 nitrogen and oxygen atoms in total. The lowest BCUT2D eigenvalue weighted by atomic mass is 9.85. The Balaban J connectivity index is 1.77. The van der Waals surface area contributed by atoms with Gasteiger partial charge < -0.3 is 15.1 Å². The predicted molar refractivity (Wildman–Crippen MR) is 158 cm³/mol. The number of Topliss-reactive ketones (excluding diaryl/α,β-unsaturated/α-hetero) is 3. The number of H-pyrrole nitrogens is 2. The molecule has 1 aliphatic carbocycles. The van der Waals surface area contributed by atoms with Crippen molar-refractivity contribution in [2.75, 3.05) is 0 Å². The third kappa shape index (κ3) is 4.05. The van der Waals surface area contributed by atoms with E-state index in [2.05, 4.69) is 23.8 Å². The van der Waals surface area contributed by atoms with Crippen LogP contribution in [0.25, 0.3) is 22.2 Å². The van der Waals surface area contributed by atoms with Crippen molar-refractivity contribution in [3.63, 3.8) is 0 Å². The number of hydrogen-bond donors (Lipinski definition) is 3. The number of rotatable bonds is 5. The summed E-state index contributed by atoms with van der Waals surface area (Å²) in [7, 11) is 0. The first-order chi connectivity index (χ1) is 19.9. The summed E-state index contributed by atoms with van der Waals surface area (Å²) < 4.78 is 0. The SMILES string of the molecule is CCC1c2cc3[nH]c4c(c5nc(cc6nc(cc([nH]2)C1C)C(C(C)=O)=C6C)C(C)C5CCC(=O)O)C(=O)C(=O)c4c3C. The molecule has 0 radical (unpaired) electrons. The molecule has 9 heteroatoms. The standard InChI is InChI=1S/C33H34N4O5/c1-7-18-13(2)20-12-25-27(17(6)38)15(4)22(35-25)10-21-14(3)19(8-9-26(39)40)30(36-21)29-31-28(32(41)33(29)42)16(5)23(37-31)11-24(18)34-20/h10-14,18-19,34,37H,7-9H2,1-6H3,(H,39,40). The van der Waals surface area contributed by atoms with E-state index >= 15 is 0 Å². The average molecular weight is 567 g/mol. The molecular weight excluding hydrogens is 532 g/mol. The number of carboxylic acids is 1. The molecule has 4 atom stereocenters. The summed E-state index contributed by atoms with van der Waals surface area (Å²) in [5.74, 6) is -2.55. The largest absolute Gasteiger partial charge is 0.481 e. The van der Waals surface area contributed by atoms with Crippen LogP contribution in [0.2, 0.25) is 0 Å². The second-order valence-electron chi connectivity index (χ2n) is 11.9. The number of nitrogens with one attached hydrogen (secondary N) is 2. The van der Waals surface area contributed by atoms with Gasteiger partial charge in [0.05, 0.1) is 33.7 Å². The van der Waals surface area contributed by atoms with Gasteiger partial charge in [0, 0.05) is 58.3 Å². The molecule has 216 valence electrons. The Morgan fingerprint density at radius 1 is 0.905 bits per heavy atom. The number of fused-ring (bicyclic) bond motifs is 8. The van der Waals surface area contributed by atoms with Crippen molar-refractivity contribution >= 4 is 45.5 Å². The molecule has 4 unspecified atom stereocenters. The van der Waals surface area contributed by atoms with Gasteiger partial charge in [-0.2, -0.15) is 0 Å². The Bertz CT molecular complexity index is 1840. The van der Waals surface area contributed by atoms with Crippen molar-refractivity contribution in [2.24, 2.45) is 0 Å². The number of carbonyl (C=O) groups is 4. The maximum atomic E-state index is 13.5. The van der Waals surface area contributed by atoms with E-state index in [1.54, 1.807) is 0 Å². The fraction of sp³-hybridized carbons (Fsp3) is 0.394. The monoisotopic (exact) mass is 566 g/mol. The van der Waals surface area contributed by atoms with Crippen LogP contribution in [0, 0.1) is 6.92 Å². The van der Waals surface area contributed by atoms with Gasteiger partial charge in [-0.1, -0.05) is 20.8 Å². The van der Waals surface area contributed by atoms with Crippen molar-refractivity contribution in [1.82, 2.24) is 19.9 Å². The highest BCUT2D eigenvalue weighted by atomic mass is 16.4. The summed E-state index contributed by atoms with van der Waals surface area (Å²) in [6.07, 6.45) is 1.02. The van der Waals surface area contributed by atoms with Gasteiger partial charge in [-0.15, -0.1) is 0 Å². The minimum Gasteiger partial charge on any atom is -0.481 e. The highest BCUT2D eigenvalue weighted by Crippen LogP contribution is 2.45. The first kappa shape index (κ1) is 27.8. The number of nitrogens with zero attached hydrogens (tertiary/aromatic N) is 2. The number of carbonyl (C=O) groups excluding carboxylic acids is 3. The molecule has 4 aliphatic rings. The van der Waals surface area contributed by atoms with Gasteiger partial charge in [0.2, 0.25) is 11.6 Å². The Morgan fingerprint density at radius 3 is 2.29 bits per heavy atom. The van der Waals surface area contributed by atoms with Crippen LogP contribution in [0.5, 0.6) is 0 Å². The maximum Gasteiger partial charge on any atom is 0.303 e. The van der Waals surface area contributed by atoms with Gasteiger partial charge in [-0.3, -0.25) is 24.2 Å². The average Bonchev–Trinajstić information content (AvgIpc) is 3.65. The zero-order valence-corrected chi connectivity index (χ0v) is 24.6. The molecule has 0 saturated heterocycles. The van der Waals surface area contributed by atoms with Gasteiger partial charge in [0.15, 0.2) is 5.78 Å². The number of aromatic nitrogens is 4. The third-order valence-electron chi connectivity index (χ3n) is 9.50. The Kier molecular flexibility index (Phi) is 6.51. The molecule has 3 aliphatic heterocycles. The molecule has 0 aromatic carbocycles. The quantitative estimate of drug-likeness (QED) is 0.360. The minimum atomic E-state index is -0.943. The van der Waals surface area contributed by atoms with Crippen LogP contribution >= 0.6 is 0 Å². The van der Waals surface area contributed by atoms with E-state index in [0.29, 0.717) is 45.0 Å². The summed E-state index contributed by atoms with van der Waals surface area (Å²) in [5.41, 5.74) is 7.94. The van der Waals surface area contributed by atoms with Gasteiger partial charge in [-0.05, 0) is 62.9 Å². The lowest BCUT2D eigenvalue weighted by Gasteiger charge is -2.16. The number of aromatic amines is 2. The smallest absolute Gasteiger partial charge is 0.303 e. The van der Waals surface area contributed by atoms with Crippen LogP contribution in [-0.4, -0.2) is 48.4 Å². The number of ketones is 3. The van der Waals surface area contributed by atoms with Gasteiger partial charge in [-0.25, -0.2) is 4.98 Å². The Labute approximate surface area is 243 Å². The van der Waals surface area contributed by atoms with Crippen LogP contribution in [0.15, 0.2) is 18.2 Å². The molecular formula is C33H34N4O5. The van der Waals surface area contributed by atoms with Crippen molar-refractivity contribution in [3.8, 4) is 0 Å². The molecule has 3 N–H and O–H groups in total. The predicted octanol–water partition coefficient (Wildman–Crippen LogP) is 6.29. The highest BCUT2D eigenvalue weighted by Gasteiger charge is 2.41. The zero-order chi connectivity index (χ0) is 30.2. The van der Waals surface area contributed by atoms with Crippen molar-refractivity contribution < 1.29 is 24.3 Å². The molecule has 0 fully saturated rings. The normalized spacial score (nSPS) is 22.1. The molecule has 2 aromatic heterocycles. The number of carboxylic acid groups (broad SMARTS) is 1. The molecule has 0 amide bonds. The number of aliphatic carboxylic acids is 1. The van der Waals surface area contributed by atoms with Crippen molar-refractivity contribution in [1.29, 1.82) is 0 Å². The summed E-state index contributed by atoms with van der Waals surface area (Å²) in [6.45, 7) is 11.5. The van der Waals surface area contributed by atoms with E-state index in [4.69, 9.17) is 9.97 Å². The Hall–Kier alpha value is -4.40. The molecule has 0 saturated carbocycles. The van der Waals surface area contributed by atoms with Crippen molar-refractivity contribution in [2.45, 2.75) is 84.5 Å². The van der Waals surface area contributed by atoms with Gasteiger partial charge >= 0.3 is 5.97 Å². The van der Waals surface area contributed by atoms with Gasteiger partial charge in [0.25, 0.3) is 0 Å². The first-order valence-electron chi connectivity index (χ1n) is 14.5. The van der Waals surface area contributed by atoms with E-state index in [1.165, 1.54) is 6.92 Å². The van der Waals surface area contributed by atoms with E-state index in [9.17, 15) is 24.3 Å². The Morgan fingerprint density at radius 2 is 1.62 bits per heavy atom. The first-order valence-corrected chi connectivity index (χ1v) is 14.5. The second kappa shape index (κ2) is 9.86. The topological polar surface area (TPSA) is 146 Å². The van der Waals surface area contributed by atoms with Crippen molar-refractivity contribution in [3.05, 3.63) is 69.1 Å². The second-order valence-corrected chi connectivity index (χ2v) is 11.9.